The van der Waals surface area contributed by atoms with Gasteiger partial charge in [0.05, 0.1) is 11.0 Å². The van der Waals surface area contributed by atoms with E-state index in [2.05, 4.69) is 24.3 Å². The van der Waals surface area contributed by atoms with Crippen molar-refractivity contribution >= 4 is 10.0 Å². The van der Waals surface area contributed by atoms with Gasteiger partial charge in [-0.15, -0.1) is 0 Å². The molecule has 1 aliphatic carbocycles. The van der Waals surface area contributed by atoms with E-state index in [9.17, 15) is 13.5 Å². The second-order valence-corrected chi connectivity index (χ2v) is 8.23. The molecule has 0 saturated heterocycles. The standard InChI is InChI=1S/C19H23NO3S/c1-13-2-4-14(5-3-13)18-11-10-17(24(20,22)23)12-19(18)15-6-8-16(21)9-7-15/h2-5,10-12,15-16,21H,6-9H2,1H3,(H2,20,22,23)/t15-,16-. The molecular formula is C19H23NO3S. The van der Waals surface area contributed by atoms with Gasteiger partial charge in [0.15, 0.2) is 0 Å². The van der Waals surface area contributed by atoms with Crippen molar-refractivity contribution in [1.82, 2.24) is 0 Å². The summed E-state index contributed by atoms with van der Waals surface area (Å²) in [6, 6.07) is 13.4. The zero-order valence-electron chi connectivity index (χ0n) is 13.8. The molecule has 0 bridgehead atoms. The molecule has 1 aliphatic rings. The van der Waals surface area contributed by atoms with Gasteiger partial charge in [0, 0.05) is 0 Å². The Morgan fingerprint density at radius 2 is 1.62 bits per heavy atom. The largest absolute Gasteiger partial charge is 0.393 e. The molecule has 24 heavy (non-hydrogen) atoms. The molecule has 2 aromatic carbocycles. The SMILES string of the molecule is Cc1ccc(-c2ccc(S(N)(=O)=O)cc2[C@H]2CC[C@H](O)CC2)cc1. The van der Waals surface area contributed by atoms with Gasteiger partial charge in [-0.1, -0.05) is 35.9 Å². The molecule has 1 saturated carbocycles. The summed E-state index contributed by atoms with van der Waals surface area (Å²) in [5.74, 6) is 0.242. The van der Waals surface area contributed by atoms with Crippen LogP contribution in [0.4, 0.5) is 0 Å². The van der Waals surface area contributed by atoms with Crippen molar-refractivity contribution in [1.29, 1.82) is 0 Å². The Kier molecular flexibility index (Phi) is 4.76. The molecule has 0 spiro atoms. The van der Waals surface area contributed by atoms with Crippen LogP contribution in [0, 0.1) is 6.92 Å². The third-order valence-corrected chi connectivity index (χ3v) is 5.76. The van der Waals surface area contributed by atoms with Crippen molar-refractivity contribution in [3.63, 3.8) is 0 Å². The number of primary sulfonamides is 1. The number of aliphatic hydroxyl groups is 1. The molecule has 1 fully saturated rings. The fourth-order valence-electron chi connectivity index (χ4n) is 3.44. The van der Waals surface area contributed by atoms with E-state index in [0.29, 0.717) is 0 Å². The fraction of sp³-hybridized carbons (Fsp3) is 0.368. The summed E-state index contributed by atoms with van der Waals surface area (Å²) in [5, 5.41) is 15.1. The maximum absolute atomic E-state index is 11.8. The van der Waals surface area contributed by atoms with E-state index < -0.39 is 10.0 Å². The fourth-order valence-corrected chi connectivity index (χ4v) is 3.99. The van der Waals surface area contributed by atoms with Crippen LogP contribution in [0.1, 0.15) is 42.7 Å². The minimum atomic E-state index is -3.73. The number of rotatable bonds is 3. The summed E-state index contributed by atoms with van der Waals surface area (Å²) >= 11 is 0. The van der Waals surface area contributed by atoms with Gasteiger partial charge in [-0.05, 0) is 67.3 Å². The zero-order chi connectivity index (χ0) is 17.3. The molecule has 0 heterocycles. The van der Waals surface area contributed by atoms with Gasteiger partial charge in [-0.2, -0.15) is 0 Å². The Hall–Kier alpha value is -1.69. The Labute approximate surface area is 143 Å². The molecule has 0 aromatic heterocycles. The number of aliphatic hydroxyl groups excluding tert-OH is 1. The average Bonchev–Trinajstić information content (AvgIpc) is 2.55. The van der Waals surface area contributed by atoms with Crippen LogP contribution in [0.25, 0.3) is 11.1 Å². The lowest BCUT2D eigenvalue weighted by Crippen LogP contribution is -2.18. The highest BCUT2D eigenvalue weighted by molar-refractivity contribution is 7.89. The molecular weight excluding hydrogens is 322 g/mol. The van der Waals surface area contributed by atoms with Crippen LogP contribution in [0.15, 0.2) is 47.4 Å². The number of benzene rings is 2. The first-order chi connectivity index (χ1) is 11.3. The quantitative estimate of drug-likeness (QED) is 0.895. The summed E-state index contributed by atoms with van der Waals surface area (Å²) < 4.78 is 23.5. The minimum absolute atomic E-state index is 0.152. The Morgan fingerprint density at radius 3 is 2.21 bits per heavy atom. The highest BCUT2D eigenvalue weighted by Crippen LogP contribution is 2.39. The van der Waals surface area contributed by atoms with Gasteiger partial charge < -0.3 is 5.11 Å². The monoisotopic (exact) mass is 345 g/mol. The van der Waals surface area contributed by atoms with Crippen molar-refractivity contribution < 1.29 is 13.5 Å². The molecule has 4 nitrogen and oxygen atoms in total. The molecule has 0 amide bonds. The Morgan fingerprint density at radius 1 is 1.00 bits per heavy atom. The molecule has 3 rings (SSSR count). The smallest absolute Gasteiger partial charge is 0.238 e. The van der Waals surface area contributed by atoms with E-state index in [4.69, 9.17) is 5.14 Å². The molecule has 128 valence electrons. The van der Waals surface area contributed by atoms with Crippen molar-refractivity contribution in [2.75, 3.05) is 0 Å². The number of hydrogen-bond acceptors (Lipinski definition) is 3. The second-order valence-electron chi connectivity index (χ2n) is 6.67. The first kappa shape index (κ1) is 17.1. The van der Waals surface area contributed by atoms with Gasteiger partial charge in [0.1, 0.15) is 0 Å². The topological polar surface area (TPSA) is 80.4 Å². The van der Waals surface area contributed by atoms with E-state index in [-0.39, 0.29) is 16.9 Å². The van der Waals surface area contributed by atoms with E-state index in [0.717, 1.165) is 42.4 Å². The van der Waals surface area contributed by atoms with Crippen LogP contribution in [0.5, 0.6) is 0 Å². The average molecular weight is 345 g/mol. The lowest BCUT2D eigenvalue weighted by molar-refractivity contribution is 0.122. The van der Waals surface area contributed by atoms with Gasteiger partial charge in [-0.3, -0.25) is 0 Å². The summed E-state index contributed by atoms with van der Waals surface area (Å²) in [7, 11) is -3.73. The van der Waals surface area contributed by atoms with Gasteiger partial charge in [0.2, 0.25) is 10.0 Å². The predicted molar refractivity (Wildman–Crippen MR) is 95.2 cm³/mol. The summed E-state index contributed by atoms with van der Waals surface area (Å²) in [6.07, 6.45) is 2.96. The normalized spacial score (nSPS) is 21.6. The summed E-state index contributed by atoms with van der Waals surface area (Å²) in [5.41, 5.74) is 4.31. The predicted octanol–water partition coefficient (Wildman–Crippen LogP) is 3.33. The van der Waals surface area contributed by atoms with Crippen LogP contribution in [0.3, 0.4) is 0 Å². The number of nitrogens with two attached hydrogens (primary N) is 1. The van der Waals surface area contributed by atoms with Crippen LogP contribution < -0.4 is 5.14 Å². The first-order valence-electron chi connectivity index (χ1n) is 8.26. The maximum Gasteiger partial charge on any atom is 0.238 e. The van der Waals surface area contributed by atoms with Crippen molar-refractivity contribution in [3.05, 3.63) is 53.6 Å². The zero-order valence-corrected chi connectivity index (χ0v) is 14.6. The Bertz CT molecular complexity index is 820. The van der Waals surface area contributed by atoms with Crippen LogP contribution in [-0.4, -0.2) is 19.6 Å². The van der Waals surface area contributed by atoms with E-state index in [1.807, 2.05) is 13.0 Å². The molecule has 2 aromatic rings. The molecule has 0 unspecified atom stereocenters. The summed E-state index contributed by atoms with van der Waals surface area (Å²) in [4.78, 5) is 0.152. The Balaban J connectivity index is 2.09. The van der Waals surface area contributed by atoms with Gasteiger partial charge >= 0.3 is 0 Å². The highest BCUT2D eigenvalue weighted by Gasteiger charge is 2.24. The van der Waals surface area contributed by atoms with E-state index >= 15 is 0 Å². The maximum atomic E-state index is 11.8. The van der Waals surface area contributed by atoms with E-state index in [1.165, 1.54) is 5.56 Å². The lowest BCUT2D eigenvalue weighted by atomic mass is 9.80. The van der Waals surface area contributed by atoms with Crippen LogP contribution in [-0.2, 0) is 10.0 Å². The second kappa shape index (κ2) is 6.67. The van der Waals surface area contributed by atoms with Gasteiger partial charge in [-0.25, -0.2) is 13.6 Å². The van der Waals surface area contributed by atoms with Gasteiger partial charge in [0.25, 0.3) is 0 Å². The highest BCUT2D eigenvalue weighted by atomic mass is 32.2. The molecule has 5 heteroatoms. The van der Waals surface area contributed by atoms with Crippen molar-refractivity contribution in [2.24, 2.45) is 5.14 Å². The third kappa shape index (κ3) is 3.69. The number of hydrogen-bond donors (Lipinski definition) is 2. The minimum Gasteiger partial charge on any atom is -0.393 e. The van der Waals surface area contributed by atoms with Crippen molar-refractivity contribution in [2.45, 2.75) is 49.5 Å². The molecule has 3 N–H and O–H groups in total. The molecule has 0 aliphatic heterocycles. The van der Waals surface area contributed by atoms with Crippen molar-refractivity contribution in [3.8, 4) is 11.1 Å². The van der Waals surface area contributed by atoms with Crippen LogP contribution >= 0.6 is 0 Å². The number of aryl methyl sites for hydroxylation is 1. The third-order valence-electron chi connectivity index (χ3n) is 4.85. The van der Waals surface area contributed by atoms with Crippen LogP contribution in [0.2, 0.25) is 0 Å². The molecule has 0 atom stereocenters. The lowest BCUT2D eigenvalue weighted by Gasteiger charge is -2.28. The van der Waals surface area contributed by atoms with E-state index in [1.54, 1.807) is 12.1 Å². The first-order valence-corrected chi connectivity index (χ1v) is 9.81. The number of sulfonamides is 1. The summed E-state index contributed by atoms with van der Waals surface area (Å²) in [6.45, 7) is 2.04. The molecule has 0 radical (unpaired) electrons.